The number of oxazole rings is 1. The van der Waals surface area contributed by atoms with E-state index in [1.165, 1.54) is 81.3 Å². The van der Waals surface area contributed by atoms with Crippen LogP contribution in [0, 0.1) is 30.3 Å². The van der Waals surface area contributed by atoms with Gasteiger partial charge in [-0.05, 0) is 107 Å². The number of allylic oxidation sites excluding steroid dienone is 6. The molecule has 0 aliphatic carbocycles. The second-order valence-corrected chi connectivity index (χ2v) is 21.6. The van der Waals surface area contributed by atoms with E-state index < -0.39 is 11.7 Å². The number of nitrogens with zero attached hydrogens (tertiary/aromatic N) is 5. The molecule has 13 aromatic rings. The molecule has 0 saturated heterocycles. The molecule has 0 spiro atoms. The Kier molecular flexibility index (Phi) is 43.1. The molecular formula is C77H63F3Ir4N5O7PtS2-5. The number of rotatable bonds is 8. The van der Waals surface area contributed by atoms with E-state index in [0.717, 1.165) is 66.7 Å². The third-order valence-corrected chi connectivity index (χ3v) is 13.7. The van der Waals surface area contributed by atoms with E-state index >= 15 is 0 Å². The van der Waals surface area contributed by atoms with Gasteiger partial charge in [0.05, 0.1) is 28.3 Å². The van der Waals surface area contributed by atoms with Gasteiger partial charge < -0.3 is 34.7 Å². The Hall–Kier alpha value is -7.98. The van der Waals surface area contributed by atoms with Crippen molar-refractivity contribution in [2.24, 2.45) is 0 Å². The first-order valence-electron chi connectivity index (χ1n) is 28.7. The van der Waals surface area contributed by atoms with Gasteiger partial charge in [0.25, 0.3) is 0 Å². The zero-order valence-corrected chi connectivity index (χ0v) is 67.0. The number of pyridine rings is 3. The fourth-order valence-corrected chi connectivity index (χ4v) is 9.59. The minimum atomic E-state index is -4.32. The van der Waals surface area contributed by atoms with E-state index in [2.05, 4.69) is 98.8 Å². The molecule has 0 atom stereocenters. The standard InChI is InChI=1S/C17H10NS.C13H8NO.C12H7F3N.C11H8N.C9H6NS.3C5H8O2.4Ir.Pt/c1-2-8-13-12(6-1)7-5-9-14(13)17-18-15-10-3-4-11-16(15)19-17;1-2-6-10(7-3-1)13-14-11-8-4-5-9-12(11)15-13;13-12(14,15)10-6-4-9(5-7-10)11-3-1-2-8-16-11;1-2-6-10(7-3-1)11-8-4-5-9-12-11;1-2-6-10-8(4-1)9-5-3-7-11-9;3*1-4(6)3-5(2)7;;;;;/h1-8,10-11H;1-6,8-9H;1-4,6-8H;1-6,8-9H;1-4,6-7H;3*3,6H,1-2H3;;;;;/q5*-1;;;;;;;;. The van der Waals surface area contributed by atoms with E-state index in [-0.39, 0.29) is 136 Å². The van der Waals surface area contributed by atoms with Crippen molar-refractivity contribution in [3.05, 3.63) is 308 Å². The Bertz CT molecular complexity index is 4350. The summed E-state index contributed by atoms with van der Waals surface area (Å²) in [5, 5.41) is 30.6. The third-order valence-electron chi connectivity index (χ3n) is 11.8. The van der Waals surface area contributed by atoms with E-state index in [1.807, 2.05) is 133 Å². The normalized spacial score (nSPS) is 10.3. The number of thiazole rings is 1. The Morgan fingerprint density at radius 3 is 1.40 bits per heavy atom. The molecule has 0 aliphatic rings. The largest absolute Gasteiger partial charge is 0.512 e. The van der Waals surface area contributed by atoms with Gasteiger partial charge in [0, 0.05) is 148 Å². The van der Waals surface area contributed by atoms with E-state index in [0.29, 0.717) is 17.1 Å². The number of aliphatic hydroxyl groups excluding tert-OH is 3. The van der Waals surface area contributed by atoms with Crippen molar-refractivity contribution in [2.45, 2.75) is 47.7 Å². The topological polar surface area (TPSA) is 189 Å². The monoisotopic (exact) mass is 2260 g/mol. The van der Waals surface area contributed by atoms with E-state index in [9.17, 15) is 27.6 Å². The van der Waals surface area contributed by atoms with Crippen molar-refractivity contribution in [2.75, 3.05) is 0 Å². The summed E-state index contributed by atoms with van der Waals surface area (Å²) in [5.41, 5.74) is 8.20. The zero-order valence-electron chi connectivity index (χ0n) is 53.6. The smallest absolute Gasteiger partial charge is 0.381 e. The molecule has 522 valence electrons. The van der Waals surface area contributed by atoms with E-state index in [4.69, 9.17) is 24.7 Å². The van der Waals surface area contributed by atoms with Crippen molar-refractivity contribution in [1.29, 1.82) is 0 Å². The van der Waals surface area contributed by atoms with Crippen molar-refractivity contribution in [3.63, 3.8) is 0 Å². The SMILES string of the molecule is CC(=O)C=C(C)O.CC(=O)C=C(C)O.CC(=O)C=C(C)O.FC(F)(F)c1c[c-]c(-c2ccccn2)cc1.[Ir].[Ir].[Ir].[Ir].[Pt].[c-]1ccc2ccccc2c1-c1nc2ccccc2s1.[c-]1ccccc1-c1ccccn1.[c-]1ccccc1-c1nc2ccccc2o1.[c-]1ccsc1-c1ccccn1. The molecule has 99 heavy (non-hydrogen) atoms. The second kappa shape index (κ2) is 47.9. The van der Waals surface area contributed by atoms with Crippen LogP contribution in [0.2, 0.25) is 0 Å². The zero-order chi connectivity index (χ0) is 67.7. The van der Waals surface area contributed by atoms with Crippen LogP contribution >= 0.6 is 22.7 Å². The van der Waals surface area contributed by atoms with Gasteiger partial charge >= 0.3 is 6.18 Å². The van der Waals surface area contributed by atoms with Crippen LogP contribution in [-0.4, -0.2) is 57.6 Å². The Labute approximate surface area is 650 Å². The summed E-state index contributed by atoms with van der Waals surface area (Å²) in [4.78, 5) is 52.7. The predicted molar refractivity (Wildman–Crippen MR) is 369 cm³/mol. The number of alkyl halides is 3. The number of thiophene rings is 1. The molecule has 6 aromatic heterocycles. The van der Waals surface area contributed by atoms with Crippen molar-refractivity contribution >= 4 is 72.1 Å². The van der Waals surface area contributed by atoms with Crippen molar-refractivity contribution < 1.29 is 149 Å². The number of carbonyl (C=O) groups excluding carboxylic acids is 3. The summed E-state index contributed by atoms with van der Waals surface area (Å²) in [5.74, 6) is 0.435. The maximum atomic E-state index is 12.3. The number of benzene rings is 7. The molecule has 0 bridgehead atoms. The molecule has 0 amide bonds. The number of fused-ring (bicyclic) bond motifs is 3. The number of hydrogen-bond acceptors (Lipinski definition) is 14. The summed E-state index contributed by atoms with van der Waals surface area (Å²) in [7, 11) is 0. The number of hydrogen-bond donors (Lipinski definition) is 3. The first-order valence-corrected chi connectivity index (χ1v) is 30.4. The van der Waals surface area contributed by atoms with Crippen LogP contribution < -0.4 is 0 Å². The number of aromatic nitrogens is 5. The van der Waals surface area contributed by atoms with Crippen LogP contribution in [-0.2, 0) is 122 Å². The molecule has 7 aromatic carbocycles. The number of carbonyl (C=O) groups is 3. The van der Waals surface area contributed by atoms with E-state index in [1.54, 1.807) is 59.5 Å². The summed E-state index contributed by atoms with van der Waals surface area (Å²) >= 11 is 3.38. The molecule has 0 fully saturated rings. The maximum absolute atomic E-state index is 12.3. The molecule has 0 aliphatic heterocycles. The minimum Gasteiger partial charge on any atom is -0.512 e. The number of para-hydroxylation sites is 3. The Balaban J connectivity index is 0.000000576. The first-order chi connectivity index (χ1) is 45.2. The average molecular weight is 2260 g/mol. The van der Waals surface area contributed by atoms with Crippen molar-refractivity contribution in [3.8, 4) is 55.1 Å². The Morgan fingerprint density at radius 2 is 0.960 bits per heavy atom. The van der Waals surface area contributed by atoms with Gasteiger partial charge in [-0.3, -0.25) is 24.4 Å². The third kappa shape index (κ3) is 32.7. The van der Waals surface area contributed by atoms with Gasteiger partial charge in [0.2, 0.25) is 0 Å². The summed E-state index contributed by atoms with van der Waals surface area (Å²) in [6.45, 7) is 8.54. The summed E-state index contributed by atoms with van der Waals surface area (Å²) in [6.07, 6.45) is 4.35. The van der Waals surface area contributed by atoms with Crippen LogP contribution in [0.3, 0.4) is 0 Å². The second-order valence-electron chi connectivity index (χ2n) is 19.7. The molecule has 12 nitrogen and oxygen atoms in total. The molecule has 3 N–H and O–H groups in total. The fraction of sp³-hybridized carbons (Fsp3) is 0.0909. The first kappa shape index (κ1) is 89.0. The minimum absolute atomic E-state index is 0. The van der Waals surface area contributed by atoms with Crippen LogP contribution in [0.1, 0.15) is 47.1 Å². The van der Waals surface area contributed by atoms with Crippen LogP contribution in [0.5, 0.6) is 0 Å². The van der Waals surface area contributed by atoms with Crippen LogP contribution in [0.25, 0.3) is 87.2 Å². The summed E-state index contributed by atoms with van der Waals surface area (Å²) < 4.78 is 43.7. The van der Waals surface area contributed by atoms with Crippen LogP contribution in [0.4, 0.5) is 13.2 Å². The average Bonchev–Trinajstić information content (AvgIpc) is 1.68. The number of aliphatic hydroxyl groups is 3. The van der Waals surface area contributed by atoms with Crippen molar-refractivity contribution in [1.82, 2.24) is 24.9 Å². The van der Waals surface area contributed by atoms with Gasteiger partial charge in [-0.1, -0.05) is 101 Å². The molecule has 4 radical (unpaired) electrons. The quantitative estimate of drug-likeness (QED) is 0.0743. The number of ketones is 3. The molecule has 0 unspecified atom stereocenters. The van der Waals surface area contributed by atoms with Crippen LogP contribution in [0.15, 0.2) is 276 Å². The van der Waals surface area contributed by atoms with Gasteiger partial charge in [0.1, 0.15) is 11.5 Å². The van der Waals surface area contributed by atoms with Gasteiger partial charge in [-0.2, -0.15) is 36.6 Å². The predicted octanol–water partition coefficient (Wildman–Crippen LogP) is 20.0. The molecule has 22 heteroatoms. The van der Waals surface area contributed by atoms with Gasteiger partial charge in [-0.15, -0.1) is 131 Å². The molecule has 6 heterocycles. The maximum Gasteiger partial charge on any atom is 0.381 e. The summed E-state index contributed by atoms with van der Waals surface area (Å²) in [6, 6.07) is 81.4. The Morgan fingerprint density at radius 1 is 0.475 bits per heavy atom. The van der Waals surface area contributed by atoms with Gasteiger partial charge in [0.15, 0.2) is 17.3 Å². The fourth-order valence-electron chi connectivity index (χ4n) is 7.95. The molecular weight excluding hydrogens is 2190 g/mol. The molecule has 13 rings (SSSR count). The number of halogens is 3. The van der Waals surface area contributed by atoms with Gasteiger partial charge in [-0.25, -0.2) is 11.3 Å². The molecule has 0 saturated carbocycles.